The predicted molar refractivity (Wildman–Crippen MR) is 116 cm³/mol. The van der Waals surface area contributed by atoms with Crippen molar-refractivity contribution in [2.24, 2.45) is 0 Å². The standard InChI is InChI=1S/C21H23N7O7/c29-10-12(9-18(31)32)22-20(34)16-2-1-7-27-17(30)6-5-14(21(35)28(16)27)23-19(33)11-3-4-13-15(8-11)25-26-24-13/h3-4,8,10,12,14,16H,1-2,5-7,9H2,(H,22,34)(H,23,33)(H,31,32)(H,24,25,26)/t12-,14-,16-/m0/s1. The van der Waals surface area contributed by atoms with Gasteiger partial charge < -0.3 is 20.5 Å². The molecular formula is C21H23N7O7. The number of fused-ring (bicyclic) bond motifs is 2. The maximum atomic E-state index is 13.5. The highest BCUT2D eigenvalue weighted by molar-refractivity contribution is 6.01. The van der Waals surface area contributed by atoms with E-state index in [0.717, 1.165) is 5.01 Å². The van der Waals surface area contributed by atoms with Crippen LogP contribution in [-0.4, -0.2) is 91.1 Å². The van der Waals surface area contributed by atoms with Gasteiger partial charge in [-0.2, -0.15) is 15.4 Å². The fourth-order valence-electron chi connectivity index (χ4n) is 4.23. The molecule has 2 saturated heterocycles. The topological polar surface area (TPSA) is 195 Å². The highest BCUT2D eigenvalue weighted by atomic mass is 16.4. The Labute approximate surface area is 198 Å². The number of carbonyl (C=O) groups is 6. The Morgan fingerprint density at radius 2 is 1.97 bits per heavy atom. The molecule has 35 heavy (non-hydrogen) atoms. The number of hydrogen-bond acceptors (Lipinski definition) is 8. The molecule has 0 spiro atoms. The number of benzene rings is 1. The van der Waals surface area contributed by atoms with Crippen LogP contribution in [0.15, 0.2) is 18.2 Å². The number of aromatic nitrogens is 3. The number of hydrogen-bond donors (Lipinski definition) is 4. The van der Waals surface area contributed by atoms with Crippen molar-refractivity contribution >= 4 is 46.9 Å². The first kappa shape index (κ1) is 23.8. The van der Waals surface area contributed by atoms with Crippen molar-refractivity contribution in [1.29, 1.82) is 0 Å². The third-order valence-electron chi connectivity index (χ3n) is 5.93. The highest BCUT2D eigenvalue weighted by Crippen LogP contribution is 2.25. The van der Waals surface area contributed by atoms with Gasteiger partial charge in [-0.1, -0.05) is 0 Å². The van der Waals surface area contributed by atoms with Crippen LogP contribution in [0.5, 0.6) is 0 Å². The third kappa shape index (κ3) is 4.95. The van der Waals surface area contributed by atoms with Gasteiger partial charge in [0.1, 0.15) is 29.4 Å². The van der Waals surface area contributed by atoms with E-state index < -0.39 is 48.2 Å². The van der Waals surface area contributed by atoms with Gasteiger partial charge in [-0.3, -0.25) is 29.0 Å². The van der Waals surface area contributed by atoms with Gasteiger partial charge in [-0.05, 0) is 37.5 Å². The summed E-state index contributed by atoms with van der Waals surface area (Å²) in [7, 11) is 0. The largest absolute Gasteiger partial charge is 0.481 e. The lowest BCUT2D eigenvalue weighted by Gasteiger charge is -2.43. The third-order valence-corrected chi connectivity index (χ3v) is 5.93. The molecule has 4 N–H and O–H groups in total. The lowest BCUT2D eigenvalue weighted by atomic mass is 10.0. The summed E-state index contributed by atoms with van der Waals surface area (Å²) < 4.78 is 0. The summed E-state index contributed by atoms with van der Waals surface area (Å²) in [6, 6.07) is 1.12. The average molecular weight is 485 g/mol. The molecule has 1 aromatic heterocycles. The van der Waals surface area contributed by atoms with E-state index in [0.29, 0.717) is 23.7 Å². The number of carboxylic acid groups (broad SMARTS) is 1. The van der Waals surface area contributed by atoms with Crippen LogP contribution in [0, 0.1) is 0 Å². The average Bonchev–Trinajstić information content (AvgIpc) is 3.28. The van der Waals surface area contributed by atoms with E-state index >= 15 is 0 Å². The summed E-state index contributed by atoms with van der Waals surface area (Å²) in [6.45, 7) is 0.212. The van der Waals surface area contributed by atoms with Crippen LogP contribution in [0.2, 0.25) is 0 Å². The van der Waals surface area contributed by atoms with Gasteiger partial charge in [0.25, 0.3) is 11.8 Å². The minimum atomic E-state index is -1.28. The summed E-state index contributed by atoms with van der Waals surface area (Å²) >= 11 is 0. The molecule has 184 valence electrons. The molecule has 2 aliphatic rings. The van der Waals surface area contributed by atoms with E-state index in [1.54, 1.807) is 6.07 Å². The van der Waals surface area contributed by atoms with E-state index in [1.807, 2.05) is 0 Å². The Balaban J connectivity index is 1.54. The molecule has 0 unspecified atom stereocenters. The zero-order chi connectivity index (χ0) is 25.1. The van der Waals surface area contributed by atoms with Crippen LogP contribution in [0.3, 0.4) is 0 Å². The van der Waals surface area contributed by atoms with Crippen LogP contribution >= 0.6 is 0 Å². The number of aromatic amines is 1. The maximum absolute atomic E-state index is 13.5. The number of rotatable bonds is 7. The SMILES string of the molecule is O=C[C@H](CC(=O)O)NC(=O)[C@@H]1CCCN2C(=O)CC[C@H](NC(=O)c3ccc4n[nH]nc4c3)C(=O)N12. The van der Waals surface area contributed by atoms with Crippen LogP contribution in [0.1, 0.15) is 42.5 Å². The van der Waals surface area contributed by atoms with Gasteiger partial charge >= 0.3 is 5.97 Å². The summed E-state index contributed by atoms with van der Waals surface area (Å²) in [6.07, 6.45) is 0.313. The van der Waals surface area contributed by atoms with Crippen LogP contribution in [-0.2, 0) is 24.0 Å². The van der Waals surface area contributed by atoms with E-state index in [9.17, 15) is 28.8 Å². The Morgan fingerprint density at radius 1 is 1.20 bits per heavy atom. The van der Waals surface area contributed by atoms with Crippen molar-refractivity contribution in [1.82, 2.24) is 36.1 Å². The summed E-state index contributed by atoms with van der Waals surface area (Å²) in [5.74, 6) is -3.62. The number of aldehydes is 1. The zero-order valence-corrected chi connectivity index (χ0v) is 18.5. The summed E-state index contributed by atoms with van der Waals surface area (Å²) in [5, 5.41) is 26.4. The van der Waals surface area contributed by atoms with Crippen molar-refractivity contribution in [2.75, 3.05) is 6.54 Å². The van der Waals surface area contributed by atoms with Crippen molar-refractivity contribution in [3.05, 3.63) is 23.8 Å². The lowest BCUT2D eigenvalue weighted by Crippen LogP contribution is -2.64. The monoisotopic (exact) mass is 485 g/mol. The molecule has 2 fully saturated rings. The molecule has 0 saturated carbocycles. The van der Waals surface area contributed by atoms with Gasteiger partial charge in [0.15, 0.2) is 0 Å². The van der Waals surface area contributed by atoms with Crippen molar-refractivity contribution in [2.45, 2.75) is 50.2 Å². The van der Waals surface area contributed by atoms with Crippen molar-refractivity contribution in [3.63, 3.8) is 0 Å². The molecule has 14 nitrogen and oxygen atoms in total. The maximum Gasteiger partial charge on any atom is 0.305 e. The molecule has 3 heterocycles. The van der Waals surface area contributed by atoms with E-state index in [2.05, 4.69) is 26.0 Å². The first-order chi connectivity index (χ1) is 16.8. The van der Waals surface area contributed by atoms with Gasteiger partial charge in [0.2, 0.25) is 11.8 Å². The fourth-order valence-corrected chi connectivity index (χ4v) is 4.23. The molecule has 2 aliphatic heterocycles. The Bertz CT molecular complexity index is 1200. The van der Waals surface area contributed by atoms with Gasteiger partial charge in [0, 0.05) is 18.5 Å². The Kier molecular flexibility index (Phi) is 6.71. The number of carboxylic acids is 1. The minimum Gasteiger partial charge on any atom is -0.481 e. The second kappa shape index (κ2) is 9.87. The van der Waals surface area contributed by atoms with Gasteiger partial charge in [0.05, 0.1) is 12.5 Å². The molecule has 1 aromatic carbocycles. The van der Waals surface area contributed by atoms with Crippen molar-refractivity contribution in [3.8, 4) is 0 Å². The first-order valence-corrected chi connectivity index (χ1v) is 11.0. The smallest absolute Gasteiger partial charge is 0.305 e. The van der Waals surface area contributed by atoms with E-state index in [-0.39, 0.29) is 37.3 Å². The summed E-state index contributed by atoms with van der Waals surface area (Å²) in [4.78, 5) is 74.1. The Hall–Kier alpha value is -4.36. The van der Waals surface area contributed by atoms with E-state index in [4.69, 9.17) is 5.11 Å². The molecule has 0 radical (unpaired) electrons. The number of hydrazine groups is 1. The highest BCUT2D eigenvalue weighted by Gasteiger charge is 2.45. The zero-order valence-electron chi connectivity index (χ0n) is 18.5. The number of carbonyl (C=O) groups excluding carboxylic acids is 5. The molecule has 2 aromatic rings. The second-order valence-corrected chi connectivity index (χ2v) is 8.30. The number of aliphatic carboxylic acids is 1. The number of nitrogens with one attached hydrogen (secondary N) is 3. The minimum absolute atomic E-state index is 0.0280. The predicted octanol–water partition coefficient (Wildman–Crippen LogP) is -1.26. The van der Waals surface area contributed by atoms with Crippen LogP contribution in [0.25, 0.3) is 11.0 Å². The van der Waals surface area contributed by atoms with Crippen LogP contribution in [0.4, 0.5) is 0 Å². The number of nitrogens with zero attached hydrogens (tertiary/aromatic N) is 4. The second-order valence-electron chi connectivity index (χ2n) is 8.30. The van der Waals surface area contributed by atoms with Crippen LogP contribution < -0.4 is 10.6 Å². The first-order valence-electron chi connectivity index (χ1n) is 11.0. The molecular weight excluding hydrogens is 462 g/mol. The molecule has 3 atom stereocenters. The molecule has 4 rings (SSSR count). The molecule has 0 bridgehead atoms. The van der Waals surface area contributed by atoms with Gasteiger partial charge in [-0.15, -0.1) is 0 Å². The summed E-state index contributed by atoms with van der Waals surface area (Å²) in [5.41, 5.74) is 1.26. The lowest BCUT2D eigenvalue weighted by molar-refractivity contribution is -0.176. The fraction of sp³-hybridized carbons (Fsp3) is 0.429. The van der Waals surface area contributed by atoms with Crippen molar-refractivity contribution < 1.29 is 33.9 Å². The molecule has 0 aliphatic carbocycles. The number of amides is 4. The Morgan fingerprint density at radius 3 is 2.71 bits per heavy atom. The number of H-pyrrole nitrogens is 1. The van der Waals surface area contributed by atoms with E-state index in [1.165, 1.54) is 17.1 Å². The molecule has 14 heteroatoms. The quantitative estimate of drug-likeness (QED) is 0.346. The van der Waals surface area contributed by atoms with Gasteiger partial charge in [-0.25, -0.2) is 5.01 Å². The molecule has 4 amide bonds. The normalized spacial score (nSPS) is 21.1.